The summed E-state index contributed by atoms with van der Waals surface area (Å²) in [4.78, 5) is 19.6. The summed E-state index contributed by atoms with van der Waals surface area (Å²) < 4.78 is 8.09. The van der Waals surface area contributed by atoms with Crippen molar-refractivity contribution in [2.45, 2.75) is 6.54 Å². The second-order valence-electron chi connectivity index (χ2n) is 4.56. The number of H-pyrrole nitrogens is 1. The maximum Gasteiger partial charge on any atom is 0.270 e. The summed E-state index contributed by atoms with van der Waals surface area (Å²) in [7, 11) is 1.61. The Labute approximate surface area is 135 Å². The Balaban J connectivity index is 2.22. The molecule has 0 amide bonds. The molecular formula is C15H13N3O2S2. The van der Waals surface area contributed by atoms with Gasteiger partial charge in [-0.05, 0) is 36.5 Å². The van der Waals surface area contributed by atoms with Gasteiger partial charge in [-0.15, -0.1) is 6.58 Å². The summed E-state index contributed by atoms with van der Waals surface area (Å²) in [6.45, 7) is 4.24. The normalized spacial score (nSPS) is 10.8. The van der Waals surface area contributed by atoms with Crippen LogP contribution in [0.5, 0.6) is 5.75 Å². The molecule has 0 aliphatic rings. The standard InChI is InChI=1S/C15H13N3O2S2/c1-3-8-18-13-11(22-15(18)21)14(19)17-12(16-13)9-4-6-10(20-2)7-5-9/h3-7H,1,8H2,2H3,(H,16,17,19). The number of aromatic amines is 1. The van der Waals surface area contributed by atoms with Crippen molar-refractivity contribution in [1.82, 2.24) is 14.5 Å². The molecule has 0 spiro atoms. The molecule has 2 heterocycles. The number of fused-ring (bicyclic) bond motifs is 1. The molecule has 22 heavy (non-hydrogen) atoms. The lowest BCUT2D eigenvalue weighted by Crippen LogP contribution is -2.10. The Morgan fingerprint density at radius 2 is 2.18 bits per heavy atom. The van der Waals surface area contributed by atoms with Gasteiger partial charge in [-0.25, -0.2) is 4.98 Å². The molecule has 0 bridgehead atoms. The molecule has 7 heteroatoms. The molecule has 0 radical (unpaired) electrons. The molecule has 1 N–H and O–H groups in total. The lowest BCUT2D eigenvalue weighted by atomic mass is 10.2. The molecule has 2 aromatic heterocycles. The first-order valence-electron chi connectivity index (χ1n) is 6.53. The van der Waals surface area contributed by atoms with E-state index >= 15 is 0 Å². The summed E-state index contributed by atoms with van der Waals surface area (Å²) in [5, 5.41) is 0. The van der Waals surface area contributed by atoms with Crippen LogP contribution in [0.15, 0.2) is 41.7 Å². The van der Waals surface area contributed by atoms with Crippen LogP contribution >= 0.6 is 23.6 Å². The third-order valence-corrected chi connectivity index (χ3v) is 4.64. The smallest absolute Gasteiger partial charge is 0.270 e. The van der Waals surface area contributed by atoms with Crippen molar-refractivity contribution in [2.24, 2.45) is 0 Å². The number of methoxy groups -OCH3 is 1. The molecule has 0 unspecified atom stereocenters. The summed E-state index contributed by atoms with van der Waals surface area (Å²) >= 11 is 6.55. The number of nitrogens with zero attached hydrogens (tertiary/aromatic N) is 2. The summed E-state index contributed by atoms with van der Waals surface area (Å²) in [6.07, 6.45) is 1.73. The number of rotatable bonds is 4. The predicted molar refractivity (Wildman–Crippen MR) is 91.2 cm³/mol. The van der Waals surface area contributed by atoms with Crippen molar-refractivity contribution in [3.63, 3.8) is 0 Å². The van der Waals surface area contributed by atoms with E-state index in [2.05, 4.69) is 16.5 Å². The molecule has 5 nitrogen and oxygen atoms in total. The van der Waals surface area contributed by atoms with E-state index in [-0.39, 0.29) is 5.56 Å². The van der Waals surface area contributed by atoms with Crippen LogP contribution in [0.2, 0.25) is 0 Å². The fourth-order valence-corrected chi connectivity index (χ4v) is 3.38. The average Bonchev–Trinajstić information content (AvgIpc) is 2.85. The maximum absolute atomic E-state index is 12.3. The number of allylic oxidation sites excluding steroid dienone is 1. The fourth-order valence-electron chi connectivity index (χ4n) is 2.13. The van der Waals surface area contributed by atoms with Gasteiger partial charge in [0.1, 0.15) is 16.3 Å². The van der Waals surface area contributed by atoms with Crippen LogP contribution in [0, 0.1) is 3.95 Å². The topological polar surface area (TPSA) is 59.9 Å². The predicted octanol–water partition coefficient (Wildman–Crippen LogP) is 3.38. The third kappa shape index (κ3) is 2.49. The van der Waals surface area contributed by atoms with Crippen molar-refractivity contribution in [2.75, 3.05) is 7.11 Å². The largest absolute Gasteiger partial charge is 0.497 e. The first-order chi connectivity index (χ1) is 10.6. The number of hydrogen-bond donors (Lipinski definition) is 1. The lowest BCUT2D eigenvalue weighted by Gasteiger charge is -2.04. The highest BCUT2D eigenvalue weighted by atomic mass is 32.1. The van der Waals surface area contributed by atoms with Gasteiger partial charge in [-0.3, -0.25) is 4.79 Å². The van der Waals surface area contributed by atoms with Gasteiger partial charge < -0.3 is 14.3 Å². The monoisotopic (exact) mass is 331 g/mol. The van der Waals surface area contributed by atoms with Crippen molar-refractivity contribution in [3.8, 4) is 17.1 Å². The van der Waals surface area contributed by atoms with E-state index in [4.69, 9.17) is 17.0 Å². The second kappa shape index (κ2) is 5.86. The number of thiazole rings is 1. The third-order valence-electron chi connectivity index (χ3n) is 3.20. The highest BCUT2D eigenvalue weighted by Gasteiger charge is 2.12. The van der Waals surface area contributed by atoms with Gasteiger partial charge in [0.2, 0.25) is 0 Å². The molecular weight excluding hydrogens is 318 g/mol. The number of benzene rings is 1. The zero-order valence-corrected chi connectivity index (χ0v) is 13.5. The minimum atomic E-state index is -0.185. The van der Waals surface area contributed by atoms with Gasteiger partial charge in [-0.2, -0.15) is 0 Å². The number of ether oxygens (including phenoxy) is 1. The van der Waals surface area contributed by atoms with E-state index < -0.39 is 0 Å². The minimum absolute atomic E-state index is 0.185. The summed E-state index contributed by atoms with van der Waals surface area (Å²) in [5.74, 6) is 1.25. The zero-order chi connectivity index (χ0) is 15.7. The Morgan fingerprint density at radius 3 is 2.82 bits per heavy atom. The minimum Gasteiger partial charge on any atom is -0.497 e. The van der Waals surface area contributed by atoms with Crippen molar-refractivity contribution in [3.05, 3.63) is 51.2 Å². The first kappa shape index (κ1) is 14.7. The summed E-state index contributed by atoms with van der Waals surface area (Å²) in [5.41, 5.74) is 1.21. The van der Waals surface area contributed by atoms with Gasteiger partial charge >= 0.3 is 0 Å². The molecule has 0 atom stereocenters. The molecule has 0 aliphatic heterocycles. The highest BCUT2D eigenvalue weighted by molar-refractivity contribution is 7.73. The van der Waals surface area contributed by atoms with Crippen molar-refractivity contribution >= 4 is 33.9 Å². The quantitative estimate of drug-likeness (QED) is 0.588. The molecule has 0 saturated carbocycles. The summed E-state index contributed by atoms with van der Waals surface area (Å²) in [6, 6.07) is 7.34. The molecule has 3 rings (SSSR count). The van der Waals surface area contributed by atoms with E-state index in [1.165, 1.54) is 11.3 Å². The van der Waals surface area contributed by atoms with Gasteiger partial charge in [0, 0.05) is 12.1 Å². The van der Waals surface area contributed by atoms with Crippen LogP contribution in [0.1, 0.15) is 0 Å². The second-order valence-corrected chi connectivity index (χ2v) is 6.21. The fraction of sp³-hybridized carbons (Fsp3) is 0.133. The number of hydrogen-bond acceptors (Lipinski definition) is 5. The van der Waals surface area contributed by atoms with Crippen LogP contribution in [0.25, 0.3) is 21.7 Å². The molecule has 3 aromatic rings. The molecule has 112 valence electrons. The Morgan fingerprint density at radius 1 is 1.45 bits per heavy atom. The van der Waals surface area contributed by atoms with Crippen LogP contribution in [-0.4, -0.2) is 21.6 Å². The van der Waals surface area contributed by atoms with Crippen molar-refractivity contribution in [1.29, 1.82) is 0 Å². The van der Waals surface area contributed by atoms with Crippen LogP contribution < -0.4 is 10.3 Å². The van der Waals surface area contributed by atoms with Crippen molar-refractivity contribution < 1.29 is 4.74 Å². The van der Waals surface area contributed by atoms with Crippen LogP contribution in [0.4, 0.5) is 0 Å². The highest BCUT2D eigenvalue weighted by Crippen LogP contribution is 2.23. The molecule has 0 saturated heterocycles. The van der Waals surface area contributed by atoms with Crippen LogP contribution in [-0.2, 0) is 6.54 Å². The van der Waals surface area contributed by atoms with E-state index in [0.717, 1.165) is 11.3 Å². The van der Waals surface area contributed by atoms with Crippen LogP contribution in [0.3, 0.4) is 0 Å². The molecule has 1 aromatic carbocycles. The number of nitrogens with one attached hydrogen (secondary N) is 1. The lowest BCUT2D eigenvalue weighted by molar-refractivity contribution is 0.415. The first-order valence-corrected chi connectivity index (χ1v) is 7.75. The number of aromatic nitrogens is 3. The maximum atomic E-state index is 12.3. The average molecular weight is 331 g/mol. The van der Waals surface area contributed by atoms with Gasteiger partial charge in [0.15, 0.2) is 9.60 Å². The SMILES string of the molecule is C=CCn1c(=S)sc2c(=O)[nH]c(-c3ccc(OC)cc3)nc21. The van der Waals surface area contributed by atoms with Gasteiger partial charge in [-0.1, -0.05) is 17.4 Å². The van der Waals surface area contributed by atoms with Gasteiger partial charge in [0.05, 0.1) is 7.11 Å². The Kier molecular flexibility index (Phi) is 3.91. The molecule has 0 fully saturated rings. The Bertz CT molecular complexity index is 952. The van der Waals surface area contributed by atoms with E-state index in [9.17, 15) is 4.79 Å². The van der Waals surface area contributed by atoms with Gasteiger partial charge in [0.25, 0.3) is 5.56 Å². The Hall–Kier alpha value is -2.25. The van der Waals surface area contributed by atoms with E-state index in [1.807, 2.05) is 28.8 Å². The van der Waals surface area contributed by atoms with E-state index in [0.29, 0.717) is 26.7 Å². The molecule has 0 aliphatic carbocycles. The van der Waals surface area contributed by atoms with E-state index in [1.54, 1.807) is 13.2 Å². The zero-order valence-electron chi connectivity index (χ0n) is 11.8.